The normalized spacial score (nSPS) is 20.8. The van der Waals surface area contributed by atoms with E-state index in [-0.39, 0.29) is 6.42 Å². The van der Waals surface area contributed by atoms with Crippen LogP contribution >= 0.6 is 0 Å². The molecule has 0 aromatic rings. The number of amides is 1. The van der Waals surface area contributed by atoms with Crippen LogP contribution in [-0.2, 0) is 28.9 Å². The molecule has 1 amide bonds. The number of allylic oxidation sites excluding steroid dienone is 5. The number of rotatable bonds is 45. The molecule has 0 aromatic carbocycles. The highest BCUT2D eigenvalue weighted by Gasteiger charge is 2.48. The minimum Gasteiger partial charge on any atom is -0.394 e. The summed E-state index contributed by atoms with van der Waals surface area (Å²) in [5, 5.41) is 55.4. The van der Waals surface area contributed by atoms with Crippen molar-refractivity contribution < 1.29 is 57.0 Å². The maximum atomic E-state index is 13.2. The van der Waals surface area contributed by atoms with Gasteiger partial charge in [-0.2, -0.15) is 8.42 Å². The Morgan fingerprint density at radius 2 is 1.02 bits per heavy atom. The van der Waals surface area contributed by atoms with Crippen molar-refractivity contribution in [3.63, 3.8) is 0 Å². The molecule has 388 valence electrons. The average Bonchev–Trinajstić information content (AvgIpc) is 3.29. The van der Waals surface area contributed by atoms with Gasteiger partial charge < -0.3 is 40.3 Å². The standard InChI is InChI=1S/C52H97NO12S/c1-3-5-7-9-11-13-15-17-19-21-23-25-26-28-30-32-34-36-38-40-45(55)44(43-63-52-49(58)50(65-66(60,61)62)48(57)47(42-54)64-52)53-51(59)46(56)41-39-37-35-33-31-29-27-24-22-20-18-16-14-12-10-8-6-4-2/h22,24,30,32,38,40,44-50,52,54-58H,3-21,23,25-29,31,33-37,39,41-43H2,1-2H3,(H,53,59)(H,60,61,62)/b24-22-,32-30+,40-38+. The quantitative estimate of drug-likeness (QED) is 0.0173. The van der Waals surface area contributed by atoms with Gasteiger partial charge in [0.2, 0.25) is 5.91 Å². The fourth-order valence-electron chi connectivity index (χ4n) is 8.30. The molecule has 0 aliphatic carbocycles. The first-order chi connectivity index (χ1) is 31.9. The number of carbonyl (C=O) groups excluding carboxylic acids is 1. The molecule has 0 aromatic heterocycles. The van der Waals surface area contributed by atoms with Crippen molar-refractivity contribution in [2.75, 3.05) is 13.2 Å². The number of unbranched alkanes of at least 4 members (excludes halogenated alkanes) is 28. The van der Waals surface area contributed by atoms with Gasteiger partial charge in [-0.3, -0.25) is 9.35 Å². The minimum absolute atomic E-state index is 0.230. The first-order valence-corrected chi connectivity index (χ1v) is 27.8. The fourth-order valence-corrected chi connectivity index (χ4v) is 8.80. The lowest BCUT2D eigenvalue weighted by Gasteiger charge is -2.41. The third-order valence-corrected chi connectivity index (χ3v) is 13.0. The predicted molar refractivity (Wildman–Crippen MR) is 265 cm³/mol. The van der Waals surface area contributed by atoms with Gasteiger partial charge in [-0.15, -0.1) is 0 Å². The van der Waals surface area contributed by atoms with Crippen molar-refractivity contribution in [3.8, 4) is 0 Å². The van der Waals surface area contributed by atoms with E-state index >= 15 is 0 Å². The lowest BCUT2D eigenvalue weighted by Crippen LogP contribution is -2.61. The summed E-state index contributed by atoms with van der Waals surface area (Å²) in [5.41, 5.74) is 0. The fraction of sp³-hybridized carbons (Fsp3) is 0.865. The van der Waals surface area contributed by atoms with Crippen molar-refractivity contribution in [2.45, 2.75) is 275 Å². The van der Waals surface area contributed by atoms with Crippen LogP contribution in [0.4, 0.5) is 0 Å². The van der Waals surface area contributed by atoms with Crippen LogP contribution in [0.5, 0.6) is 0 Å². The Bertz CT molecular complexity index is 1330. The van der Waals surface area contributed by atoms with Gasteiger partial charge in [0.05, 0.1) is 25.4 Å². The summed E-state index contributed by atoms with van der Waals surface area (Å²) in [6.45, 7) is 3.22. The lowest BCUT2D eigenvalue weighted by atomic mass is 9.99. The van der Waals surface area contributed by atoms with E-state index in [1.165, 1.54) is 134 Å². The second-order valence-electron chi connectivity index (χ2n) is 18.6. The highest BCUT2D eigenvalue weighted by atomic mass is 32.3. The van der Waals surface area contributed by atoms with Gasteiger partial charge in [0, 0.05) is 0 Å². The van der Waals surface area contributed by atoms with Gasteiger partial charge >= 0.3 is 10.4 Å². The molecule has 8 unspecified atom stereocenters. The molecule has 1 aliphatic heterocycles. The number of aliphatic hydroxyl groups is 5. The SMILES string of the molecule is CCCCCCCCCC/C=C\CCCCCCCCC(O)C(=O)NC(COC1OC(CO)C(O)C(OS(=O)(=O)O)C1O)C(O)/C=C/CC/C=C/CCCCCCCCCCCCCCC. The summed E-state index contributed by atoms with van der Waals surface area (Å²) in [4.78, 5) is 13.2. The van der Waals surface area contributed by atoms with E-state index in [1.54, 1.807) is 6.08 Å². The van der Waals surface area contributed by atoms with Crippen LogP contribution in [0.2, 0.25) is 0 Å². The molecule has 1 saturated heterocycles. The molecule has 66 heavy (non-hydrogen) atoms. The number of nitrogens with one attached hydrogen (secondary N) is 1. The number of hydrogen-bond donors (Lipinski definition) is 7. The molecule has 14 heteroatoms. The van der Waals surface area contributed by atoms with Crippen molar-refractivity contribution in [1.82, 2.24) is 5.32 Å². The van der Waals surface area contributed by atoms with Gasteiger partial charge in [-0.1, -0.05) is 204 Å². The zero-order valence-corrected chi connectivity index (χ0v) is 42.2. The number of aliphatic hydroxyl groups excluding tert-OH is 5. The maximum Gasteiger partial charge on any atom is 0.397 e. The van der Waals surface area contributed by atoms with E-state index in [0.29, 0.717) is 12.8 Å². The number of ether oxygens (including phenoxy) is 2. The molecule has 1 rings (SSSR count). The van der Waals surface area contributed by atoms with E-state index < -0.39 is 78.5 Å². The van der Waals surface area contributed by atoms with Crippen LogP contribution in [0, 0.1) is 0 Å². The summed E-state index contributed by atoms with van der Waals surface area (Å²) in [7, 11) is -5.13. The largest absolute Gasteiger partial charge is 0.397 e. The Labute approximate surface area is 401 Å². The molecule has 7 N–H and O–H groups in total. The molecule has 0 spiro atoms. The summed E-state index contributed by atoms with van der Waals surface area (Å²) in [6.07, 6.45) is 39.3. The Morgan fingerprint density at radius 3 is 1.45 bits per heavy atom. The van der Waals surface area contributed by atoms with Crippen molar-refractivity contribution in [3.05, 3.63) is 36.5 Å². The Hall–Kier alpha value is -1.72. The Morgan fingerprint density at radius 1 is 0.606 bits per heavy atom. The van der Waals surface area contributed by atoms with Crippen LogP contribution in [-0.4, -0.2) is 107 Å². The van der Waals surface area contributed by atoms with Gasteiger partial charge in [-0.25, -0.2) is 4.18 Å². The van der Waals surface area contributed by atoms with Crippen molar-refractivity contribution >= 4 is 16.3 Å². The zero-order valence-electron chi connectivity index (χ0n) is 41.4. The second kappa shape index (κ2) is 42.2. The van der Waals surface area contributed by atoms with Crippen LogP contribution in [0.3, 0.4) is 0 Å². The third kappa shape index (κ3) is 33.7. The molecule has 1 aliphatic rings. The highest BCUT2D eigenvalue weighted by molar-refractivity contribution is 7.80. The first-order valence-electron chi connectivity index (χ1n) is 26.5. The molecule has 0 saturated carbocycles. The van der Waals surface area contributed by atoms with Gasteiger partial charge in [-0.05, 0) is 57.8 Å². The lowest BCUT2D eigenvalue weighted by molar-refractivity contribution is -0.298. The molecular weight excluding hydrogens is 863 g/mol. The number of hydrogen-bond acceptors (Lipinski definition) is 11. The van der Waals surface area contributed by atoms with E-state index in [0.717, 1.165) is 64.2 Å². The van der Waals surface area contributed by atoms with Gasteiger partial charge in [0.1, 0.15) is 30.5 Å². The predicted octanol–water partition coefficient (Wildman–Crippen LogP) is 10.4. The van der Waals surface area contributed by atoms with Crippen LogP contribution in [0.15, 0.2) is 36.5 Å². The first kappa shape index (κ1) is 62.3. The topological polar surface area (TPSA) is 212 Å². The molecule has 1 heterocycles. The average molecular weight is 960 g/mol. The van der Waals surface area contributed by atoms with Crippen molar-refractivity contribution in [1.29, 1.82) is 0 Å². The van der Waals surface area contributed by atoms with Crippen molar-refractivity contribution in [2.24, 2.45) is 0 Å². The zero-order chi connectivity index (χ0) is 48.5. The highest BCUT2D eigenvalue weighted by Crippen LogP contribution is 2.26. The third-order valence-electron chi connectivity index (χ3n) is 12.5. The van der Waals surface area contributed by atoms with Crippen LogP contribution in [0.1, 0.15) is 226 Å². The van der Waals surface area contributed by atoms with E-state index in [9.17, 15) is 43.3 Å². The molecule has 0 bridgehead atoms. The van der Waals surface area contributed by atoms with E-state index in [2.05, 4.69) is 47.7 Å². The summed E-state index contributed by atoms with van der Waals surface area (Å²) in [6, 6.07) is -1.14. The minimum atomic E-state index is -5.13. The maximum absolute atomic E-state index is 13.2. The van der Waals surface area contributed by atoms with Crippen LogP contribution in [0.25, 0.3) is 0 Å². The molecule has 0 radical (unpaired) electrons. The van der Waals surface area contributed by atoms with Gasteiger partial charge in [0.25, 0.3) is 0 Å². The molecular formula is C52H97NO12S. The van der Waals surface area contributed by atoms with Gasteiger partial charge in [0.15, 0.2) is 6.29 Å². The Kier molecular flexibility index (Phi) is 39.8. The second-order valence-corrected chi connectivity index (χ2v) is 19.6. The smallest absolute Gasteiger partial charge is 0.394 e. The Balaban J connectivity index is 2.53. The number of carbonyl (C=O) groups is 1. The molecule has 8 atom stereocenters. The molecule has 1 fully saturated rings. The summed E-state index contributed by atoms with van der Waals surface area (Å²) in [5.74, 6) is -0.715. The van der Waals surface area contributed by atoms with E-state index in [1.807, 2.05) is 0 Å². The van der Waals surface area contributed by atoms with E-state index in [4.69, 9.17) is 9.47 Å². The summed E-state index contributed by atoms with van der Waals surface area (Å²) >= 11 is 0. The summed E-state index contributed by atoms with van der Waals surface area (Å²) < 4.78 is 47.6. The van der Waals surface area contributed by atoms with Crippen LogP contribution < -0.4 is 5.32 Å². The monoisotopic (exact) mass is 960 g/mol. The molecule has 13 nitrogen and oxygen atoms in total.